The Morgan fingerprint density at radius 2 is 1.69 bits per heavy atom. The fraction of sp³-hybridized carbons (Fsp3) is 0.308. The molecule has 3 rings (SSSR count). The number of aliphatic hydroxyl groups excluding tert-OH is 1. The highest BCUT2D eigenvalue weighted by molar-refractivity contribution is 6.30. The number of halogens is 1. The lowest BCUT2D eigenvalue weighted by Crippen LogP contribution is -2.26. The van der Waals surface area contributed by atoms with Crippen LogP contribution in [0, 0.1) is 6.92 Å². The number of nitrogens with zero attached hydrogens (tertiary/aromatic N) is 1. The summed E-state index contributed by atoms with van der Waals surface area (Å²) in [6.45, 7) is 10.4. The molecule has 32 heavy (non-hydrogen) atoms. The van der Waals surface area contributed by atoms with Gasteiger partial charge in [-0.25, -0.2) is 4.98 Å². The maximum atomic E-state index is 11.9. The maximum Gasteiger partial charge on any atom is 0.251 e. The fourth-order valence-electron chi connectivity index (χ4n) is 2.70. The quantitative estimate of drug-likeness (QED) is 0.428. The molecule has 172 valence electrons. The molecule has 0 bridgehead atoms. The van der Waals surface area contributed by atoms with Crippen LogP contribution < -0.4 is 10.6 Å². The van der Waals surface area contributed by atoms with Crippen LogP contribution in [-0.4, -0.2) is 35.2 Å². The Bertz CT molecular complexity index is 930. The number of nitrogens with one attached hydrogen (secondary N) is 2. The average Bonchev–Trinajstić information content (AvgIpc) is 2.81. The van der Waals surface area contributed by atoms with Crippen molar-refractivity contribution in [3.8, 4) is 11.1 Å². The van der Waals surface area contributed by atoms with E-state index in [-0.39, 0.29) is 19.1 Å². The third kappa shape index (κ3) is 9.50. The minimum Gasteiger partial charge on any atom is -0.395 e. The third-order valence-electron chi connectivity index (χ3n) is 4.13. The Morgan fingerprint density at radius 1 is 1.06 bits per heavy atom. The van der Waals surface area contributed by atoms with Crippen molar-refractivity contribution in [2.45, 2.75) is 40.7 Å². The molecule has 1 amide bonds. The molecule has 0 aliphatic heterocycles. The molecule has 0 aliphatic rings. The molecule has 0 saturated carbocycles. The van der Waals surface area contributed by atoms with Gasteiger partial charge >= 0.3 is 0 Å². The van der Waals surface area contributed by atoms with Gasteiger partial charge in [0.1, 0.15) is 5.82 Å². The molecule has 0 aliphatic carbocycles. The Balaban J connectivity index is 0.000000477. The number of rotatable bonds is 6. The van der Waals surface area contributed by atoms with Crippen LogP contribution in [-0.2, 0) is 0 Å². The molecule has 2 aromatic carbocycles. The standard InChI is InChI=1S/C18H23N3O2.C6H5Cl.C2H6/c1-12(2)21-17-10-16(13(3)11-20-17)14-4-6-15(7-5-14)18(23)19-8-9-22;7-6-4-2-1-3-5-6;1-2/h4-7,10-12,22H,8-9H2,1-3H3,(H,19,23)(H,20,21);1-5H;1-2H3. The van der Waals surface area contributed by atoms with E-state index >= 15 is 0 Å². The molecule has 0 spiro atoms. The van der Waals surface area contributed by atoms with E-state index in [0.717, 1.165) is 27.5 Å². The summed E-state index contributed by atoms with van der Waals surface area (Å²) in [4.78, 5) is 16.2. The predicted octanol–water partition coefficient (Wildman–Crippen LogP) is 5.97. The van der Waals surface area contributed by atoms with E-state index in [2.05, 4.69) is 29.5 Å². The Morgan fingerprint density at radius 3 is 2.19 bits per heavy atom. The van der Waals surface area contributed by atoms with Crippen molar-refractivity contribution in [3.63, 3.8) is 0 Å². The summed E-state index contributed by atoms with van der Waals surface area (Å²) in [6.07, 6.45) is 1.85. The number of hydrogen-bond acceptors (Lipinski definition) is 4. The zero-order chi connectivity index (χ0) is 23.9. The molecule has 0 saturated heterocycles. The predicted molar refractivity (Wildman–Crippen MR) is 135 cm³/mol. The highest BCUT2D eigenvalue weighted by Gasteiger charge is 2.08. The molecule has 0 fully saturated rings. The highest BCUT2D eigenvalue weighted by atomic mass is 35.5. The normalized spacial score (nSPS) is 9.75. The molecular weight excluding hydrogens is 422 g/mol. The largest absolute Gasteiger partial charge is 0.395 e. The summed E-state index contributed by atoms with van der Waals surface area (Å²) >= 11 is 5.54. The summed E-state index contributed by atoms with van der Waals surface area (Å²) < 4.78 is 0. The van der Waals surface area contributed by atoms with Crippen molar-refractivity contribution in [1.82, 2.24) is 10.3 Å². The molecule has 0 atom stereocenters. The summed E-state index contributed by atoms with van der Waals surface area (Å²) in [5, 5.41) is 15.5. The molecule has 3 N–H and O–H groups in total. The number of carbonyl (C=O) groups is 1. The van der Waals surface area contributed by atoms with Crippen LogP contribution in [0.3, 0.4) is 0 Å². The molecular formula is C26H34ClN3O2. The Labute approximate surface area is 196 Å². The smallest absolute Gasteiger partial charge is 0.251 e. The summed E-state index contributed by atoms with van der Waals surface area (Å²) in [7, 11) is 0. The Hall–Kier alpha value is -2.89. The Kier molecular flexibility index (Phi) is 12.7. The summed E-state index contributed by atoms with van der Waals surface area (Å²) in [5.74, 6) is 0.657. The highest BCUT2D eigenvalue weighted by Crippen LogP contribution is 2.25. The van der Waals surface area contributed by atoms with Gasteiger partial charge in [0.05, 0.1) is 6.61 Å². The van der Waals surface area contributed by atoms with Crippen LogP contribution in [0.4, 0.5) is 5.82 Å². The minimum atomic E-state index is -0.181. The number of aryl methyl sites for hydroxylation is 1. The van der Waals surface area contributed by atoms with Crippen molar-refractivity contribution in [2.75, 3.05) is 18.5 Å². The fourth-order valence-corrected chi connectivity index (χ4v) is 2.84. The van der Waals surface area contributed by atoms with Gasteiger partial charge in [0.2, 0.25) is 0 Å². The van der Waals surface area contributed by atoms with E-state index in [9.17, 15) is 4.79 Å². The zero-order valence-corrected chi connectivity index (χ0v) is 20.3. The van der Waals surface area contributed by atoms with Crippen molar-refractivity contribution < 1.29 is 9.90 Å². The van der Waals surface area contributed by atoms with Gasteiger partial charge in [-0.15, -0.1) is 0 Å². The summed E-state index contributed by atoms with van der Waals surface area (Å²) in [6, 6.07) is 19.2. The first kappa shape index (κ1) is 27.1. The lowest BCUT2D eigenvalue weighted by molar-refractivity contribution is 0.0945. The van der Waals surface area contributed by atoms with Gasteiger partial charge in [-0.3, -0.25) is 4.79 Å². The lowest BCUT2D eigenvalue weighted by atomic mass is 10.0. The number of aromatic nitrogens is 1. The molecule has 5 nitrogen and oxygen atoms in total. The maximum absolute atomic E-state index is 11.9. The van der Waals surface area contributed by atoms with Crippen LogP contribution in [0.5, 0.6) is 0 Å². The average molecular weight is 456 g/mol. The second-order valence-electron chi connectivity index (χ2n) is 7.04. The SMILES string of the molecule is CC.Cc1cnc(NC(C)C)cc1-c1ccc(C(=O)NCCO)cc1.Clc1ccccc1. The molecule has 0 unspecified atom stereocenters. The first-order valence-electron chi connectivity index (χ1n) is 10.8. The van der Waals surface area contributed by atoms with Gasteiger partial charge in [0.15, 0.2) is 0 Å². The van der Waals surface area contributed by atoms with Gasteiger partial charge in [-0.05, 0) is 67.8 Å². The zero-order valence-electron chi connectivity index (χ0n) is 19.5. The van der Waals surface area contributed by atoms with Crippen LogP contribution in [0.1, 0.15) is 43.6 Å². The van der Waals surface area contributed by atoms with Gasteiger partial charge in [0, 0.05) is 29.4 Å². The molecule has 1 aromatic heterocycles. The van der Waals surface area contributed by atoms with Crippen molar-refractivity contribution in [1.29, 1.82) is 0 Å². The lowest BCUT2D eigenvalue weighted by Gasteiger charge is -2.13. The first-order chi connectivity index (χ1) is 15.4. The molecule has 6 heteroatoms. The second-order valence-corrected chi connectivity index (χ2v) is 7.47. The van der Waals surface area contributed by atoms with Crippen LogP contribution in [0.2, 0.25) is 5.02 Å². The monoisotopic (exact) mass is 455 g/mol. The number of carbonyl (C=O) groups excluding carboxylic acids is 1. The topological polar surface area (TPSA) is 74.2 Å². The number of aliphatic hydroxyl groups is 1. The van der Waals surface area contributed by atoms with Crippen molar-refractivity contribution >= 4 is 23.3 Å². The van der Waals surface area contributed by atoms with Gasteiger partial charge in [-0.1, -0.05) is 55.8 Å². The van der Waals surface area contributed by atoms with E-state index < -0.39 is 0 Å². The molecule has 1 heterocycles. The van der Waals surface area contributed by atoms with Crippen molar-refractivity contribution in [3.05, 3.63) is 83.0 Å². The molecule has 3 aromatic rings. The van der Waals surface area contributed by atoms with E-state index in [4.69, 9.17) is 16.7 Å². The van der Waals surface area contributed by atoms with E-state index in [1.807, 2.05) is 75.5 Å². The number of anilines is 1. The molecule has 0 radical (unpaired) electrons. The van der Waals surface area contributed by atoms with E-state index in [1.165, 1.54) is 0 Å². The first-order valence-corrected chi connectivity index (χ1v) is 11.2. The van der Waals surface area contributed by atoms with E-state index in [0.29, 0.717) is 11.6 Å². The van der Waals surface area contributed by atoms with Crippen LogP contribution >= 0.6 is 11.6 Å². The van der Waals surface area contributed by atoms with E-state index in [1.54, 1.807) is 12.1 Å². The van der Waals surface area contributed by atoms with Gasteiger partial charge in [0.25, 0.3) is 5.91 Å². The van der Waals surface area contributed by atoms with Crippen molar-refractivity contribution in [2.24, 2.45) is 0 Å². The van der Waals surface area contributed by atoms with Crippen LogP contribution in [0.15, 0.2) is 66.9 Å². The second kappa shape index (κ2) is 15.0. The summed E-state index contributed by atoms with van der Waals surface area (Å²) in [5.41, 5.74) is 3.78. The van der Waals surface area contributed by atoms with Gasteiger partial charge in [-0.2, -0.15) is 0 Å². The number of amides is 1. The van der Waals surface area contributed by atoms with Crippen LogP contribution in [0.25, 0.3) is 11.1 Å². The third-order valence-corrected chi connectivity index (χ3v) is 4.38. The minimum absolute atomic E-state index is 0.0638. The number of benzene rings is 2. The van der Waals surface area contributed by atoms with Gasteiger partial charge < -0.3 is 15.7 Å². The number of hydrogen-bond donors (Lipinski definition) is 3. The number of pyridine rings is 1.